The molecule has 3 aromatic carbocycles. The lowest BCUT2D eigenvalue weighted by Gasteiger charge is -2.13. The van der Waals surface area contributed by atoms with Crippen LogP contribution in [0.2, 0.25) is 0 Å². The number of halogens is 1. The molecule has 0 radical (unpaired) electrons. The topological polar surface area (TPSA) is 109 Å². The second-order valence-corrected chi connectivity index (χ2v) is 8.62. The number of benzene rings is 3. The highest BCUT2D eigenvalue weighted by Crippen LogP contribution is 2.29. The fraction of sp³-hybridized carbons (Fsp3) is 0.0800. The Kier molecular flexibility index (Phi) is 6.11. The van der Waals surface area contributed by atoms with Gasteiger partial charge in [0, 0.05) is 11.3 Å². The molecule has 2 heterocycles. The molecule has 0 fully saturated rings. The van der Waals surface area contributed by atoms with Gasteiger partial charge in [-0.05, 0) is 36.4 Å². The largest absolute Gasteiger partial charge is 0.368 e. The van der Waals surface area contributed by atoms with Crippen LogP contribution < -0.4 is 11.3 Å². The van der Waals surface area contributed by atoms with E-state index in [1.54, 1.807) is 36.4 Å². The molecule has 35 heavy (non-hydrogen) atoms. The summed E-state index contributed by atoms with van der Waals surface area (Å²) in [6.07, 6.45) is 0. The van der Waals surface area contributed by atoms with Gasteiger partial charge >= 0.3 is 0 Å². The quantitative estimate of drug-likeness (QED) is 0.353. The first-order valence-corrected chi connectivity index (χ1v) is 11.7. The van der Waals surface area contributed by atoms with Gasteiger partial charge in [0.15, 0.2) is 11.0 Å². The van der Waals surface area contributed by atoms with E-state index in [0.717, 1.165) is 5.56 Å². The predicted octanol–water partition coefficient (Wildman–Crippen LogP) is 3.56. The minimum atomic E-state index is -0.642. The second kappa shape index (κ2) is 9.51. The van der Waals surface area contributed by atoms with Crippen molar-refractivity contribution in [3.05, 3.63) is 101 Å². The maximum atomic E-state index is 13.6. The molecule has 0 aliphatic carbocycles. The number of nitrogens with zero attached hydrogens (tertiary/aromatic N) is 5. The van der Waals surface area contributed by atoms with Crippen LogP contribution in [0, 0.1) is 5.82 Å². The summed E-state index contributed by atoms with van der Waals surface area (Å²) in [6.45, 7) is -0.285. The van der Waals surface area contributed by atoms with Crippen LogP contribution in [0.1, 0.15) is 5.82 Å². The summed E-state index contributed by atoms with van der Waals surface area (Å²) in [6, 6.07) is 22.5. The molecule has 0 aliphatic heterocycles. The van der Waals surface area contributed by atoms with Gasteiger partial charge in [0.05, 0.1) is 16.7 Å². The Bertz CT molecular complexity index is 1580. The zero-order chi connectivity index (χ0) is 24.4. The van der Waals surface area contributed by atoms with E-state index in [4.69, 9.17) is 5.73 Å². The lowest BCUT2D eigenvalue weighted by molar-refractivity contribution is -0.118. The summed E-state index contributed by atoms with van der Waals surface area (Å²) in [5.74, 6) is 0.194. The molecule has 5 aromatic rings. The summed E-state index contributed by atoms with van der Waals surface area (Å²) in [5.41, 5.74) is 7.11. The first-order valence-electron chi connectivity index (χ1n) is 10.7. The molecule has 10 heteroatoms. The van der Waals surface area contributed by atoms with E-state index in [9.17, 15) is 14.0 Å². The Morgan fingerprint density at radius 3 is 2.40 bits per heavy atom. The first kappa shape index (κ1) is 22.5. The number of carbonyl (C=O) groups is 1. The fourth-order valence-corrected chi connectivity index (χ4v) is 4.63. The molecule has 0 saturated heterocycles. The van der Waals surface area contributed by atoms with Crippen LogP contribution >= 0.6 is 11.8 Å². The van der Waals surface area contributed by atoms with Gasteiger partial charge in [0.25, 0.3) is 5.56 Å². The number of aromatic nitrogens is 5. The summed E-state index contributed by atoms with van der Waals surface area (Å²) in [7, 11) is 0. The standard InChI is InChI=1S/C25H19FN6O2S/c26-17-10-12-18(13-11-17)32-23(16-6-2-1-3-7-16)29-30-25(32)35-15-22-28-20-9-5-4-8-19(20)24(34)31(22)14-21(27)33/h1-13H,14-15H2,(H2,27,33). The van der Waals surface area contributed by atoms with Crippen LogP contribution in [0.3, 0.4) is 0 Å². The number of nitrogens with two attached hydrogens (primary N) is 1. The molecule has 5 rings (SSSR count). The van der Waals surface area contributed by atoms with Gasteiger partial charge in [-0.15, -0.1) is 10.2 Å². The highest BCUT2D eigenvalue weighted by atomic mass is 32.2. The number of carbonyl (C=O) groups excluding carboxylic acids is 1. The fourth-order valence-electron chi connectivity index (χ4n) is 3.73. The van der Waals surface area contributed by atoms with Crippen molar-refractivity contribution in [3.8, 4) is 17.1 Å². The third-order valence-corrected chi connectivity index (χ3v) is 6.26. The van der Waals surface area contributed by atoms with Crippen molar-refractivity contribution in [2.24, 2.45) is 5.73 Å². The zero-order valence-electron chi connectivity index (χ0n) is 18.3. The summed E-state index contributed by atoms with van der Waals surface area (Å²) in [4.78, 5) is 29.3. The molecule has 2 N–H and O–H groups in total. The molecule has 8 nitrogen and oxygen atoms in total. The number of hydrogen-bond acceptors (Lipinski definition) is 6. The number of thioether (sulfide) groups is 1. The number of amides is 1. The molecule has 0 saturated carbocycles. The van der Waals surface area contributed by atoms with Crippen LogP contribution in [0.4, 0.5) is 4.39 Å². The van der Waals surface area contributed by atoms with Crippen molar-refractivity contribution >= 4 is 28.6 Å². The van der Waals surface area contributed by atoms with E-state index in [-0.39, 0.29) is 23.7 Å². The van der Waals surface area contributed by atoms with Gasteiger partial charge < -0.3 is 5.73 Å². The second-order valence-electron chi connectivity index (χ2n) is 7.68. The molecule has 174 valence electrons. The Labute approximate surface area is 203 Å². The summed E-state index contributed by atoms with van der Waals surface area (Å²) in [5, 5.41) is 9.65. The predicted molar refractivity (Wildman–Crippen MR) is 132 cm³/mol. The zero-order valence-corrected chi connectivity index (χ0v) is 19.2. The maximum Gasteiger partial charge on any atom is 0.261 e. The Hall–Kier alpha value is -4.31. The lowest BCUT2D eigenvalue weighted by atomic mass is 10.2. The van der Waals surface area contributed by atoms with E-state index in [0.29, 0.717) is 33.4 Å². The normalized spacial score (nSPS) is 11.1. The number of rotatable bonds is 7. The van der Waals surface area contributed by atoms with Gasteiger partial charge in [0.2, 0.25) is 5.91 Å². The van der Waals surface area contributed by atoms with Crippen molar-refractivity contribution in [2.75, 3.05) is 0 Å². The van der Waals surface area contributed by atoms with Gasteiger partial charge in [-0.1, -0.05) is 54.2 Å². The average Bonchev–Trinajstić information content (AvgIpc) is 3.29. The molecule has 0 aliphatic rings. The van der Waals surface area contributed by atoms with Crippen molar-refractivity contribution in [3.63, 3.8) is 0 Å². The van der Waals surface area contributed by atoms with Gasteiger partial charge in [0.1, 0.15) is 18.2 Å². The number of hydrogen-bond donors (Lipinski definition) is 1. The van der Waals surface area contributed by atoms with Crippen molar-refractivity contribution < 1.29 is 9.18 Å². The SMILES string of the molecule is NC(=O)Cn1c(CSc2nnc(-c3ccccc3)n2-c2ccc(F)cc2)nc2ccccc2c1=O. The van der Waals surface area contributed by atoms with Crippen molar-refractivity contribution in [2.45, 2.75) is 17.5 Å². The molecular formula is C25H19FN6O2S. The summed E-state index contributed by atoms with van der Waals surface area (Å²) < 4.78 is 16.7. The van der Waals surface area contributed by atoms with Crippen LogP contribution in [-0.4, -0.2) is 30.2 Å². The molecule has 0 atom stereocenters. The van der Waals surface area contributed by atoms with E-state index in [2.05, 4.69) is 15.2 Å². The Morgan fingerprint density at radius 2 is 1.66 bits per heavy atom. The van der Waals surface area contributed by atoms with E-state index < -0.39 is 5.91 Å². The minimum absolute atomic E-state index is 0.224. The van der Waals surface area contributed by atoms with Crippen molar-refractivity contribution in [1.29, 1.82) is 0 Å². The Morgan fingerprint density at radius 1 is 0.943 bits per heavy atom. The van der Waals surface area contributed by atoms with Gasteiger partial charge in [-0.25, -0.2) is 9.37 Å². The van der Waals surface area contributed by atoms with E-state index >= 15 is 0 Å². The van der Waals surface area contributed by atoms with Crippen LogP contribution in [-0.2, 0) is 17.1 Å². The molecule has 2 aromatic heterocycles. The molecule has 1 amide bonds. The highest BCUT2D eigenvalue weighted by Gasteiger charge is 2.19. The van der Waals surface area contributed by atoms with Crippen molar-refractivity contribution in [1.82, 2.24) is 24.3 Å². The van der Waals surface area contributed by atoms with E-state index in [1.807, 2.05) is 34.9 Å². The number of fused-ring (bicyclic) bond motifs is 1. The maximum absolute atomic E-state index is 13.6. The van der Waals surface area contributed by atoms with Crippen LogP contribution in [0.25, 0.3) is 28.0 Å². The first-order chi connectivity index (χ1) is 17.0. The Balaban J connectivity index is 1.57. The molecule has 0 unspecified atom stereocenters. The lowest BCUT2D eigenvalue weighted by Crippen LogP contribution is -2.31. The summed E-state index contributed by atoms with van der Waals surface area (Å²) >= 11 is 1.29. The minimum Gasteiger partial charge on any atom is -0.368 e. The third-order valence-electron chi connectivity index (χ3n) is 5.34. The number of para-hydroxylation sites is 1. The molecule has 0 spiro atoms. The van der Waals surface area contributed by atoms with E-state index in [1.165, 1.54) is 28.5 Å². The van der Waals surface area contributed by atoms with Gasteiger partial charge in [-0.3, -0.25) is 18.7 Å². The highest BCUT2D eigenvalue weighted by molar-refractivity contribution is 7.98. The molecular weight excluding hydrogens is 467 g/mol. The third kappa shape index (κ3) is 4.56. The van der Waals surface area contributed by atoms with Crippen LogP contribution in [0.5, 0.6) is 0 Å². The average molecular weight is 487 g/mol. The van der Waals surface area contributed by atoms with Gasteiger partial charge in [-0.2, -0.15) is 0 Å². The van der Waals surface area contributed by atoms with Crippen LogP contribution in [0.15, 0.2) is 88.8 Å². The monoisotopic (exact) mass is 486 g/mol. The number of primary amides is 1. The molecule has 0 bridgehead atoms. The smallest absolute Gasteiger partial charge is 0.261 e.